The number of methoxy groups -OCH3 is 1. The first-order valence-electron chi connectivity index (χ1n) is 6.47. The average molecular weight is 295 g/mol. The molecule has 3 N–H and O–H groups in total. The molecule has 0 atom stereocenters. The largest absolute Gasteiger partial charge is 0.383 e. The van der Waals surface area contributed by atoms with E-state index < -0.39 is 0 Å². The van der Waals surface area contributed by atoms with Crippen LogP contribution in [0, 0.1) is 5.82 Å². The van der Waals surface area contributed by atoms with Gasteiger partial charge in [-0.1, -0.05) is 0 Å². The molecule has 2 aromatic rings. The molecule has 2 rings (SSSR count). The van der Waals surface area contributed by atoms with Crippen LogP contribution in [0.15, 0.2) is 24.4 Å². The van der Waals surface area contributed by atoms with E-state index in [1.165, 1.54) is 12.1 Å². The summed E-state index contributed by atoms with van der Waals surface area (Å²) in [4.78, 5) is 3.08. The summed E-state index contributed by atoms with van der Waals surface area (Å²) in [6.45, 7) is 2.04. The highest BCUT2D eigenvalue weighted by molar-refractivity contribution is 7.80. The number of fused-ring (bicyclic) bond motifs is 1. The first-order valence-corrected chi connectivity index (χ1v) is 6.87. The molecule has 0 saturated heterocycles. The number of aromatic nitrogens is 1. The second-order valence-corrected chi connectivity index (χ2v) is 4.84. The maximum absolute atomic E-state index is 13.1. The van der Waals surface area contributed by atoms with Crippen molar-refractivity contribution >= 4 is 28.2 Å². The van der Waals surface area contributed by atoms with Crippen LogP contribution in [0.25, 0.3) is 10.9 Å². The van der Waals surface area contributed by atoms with Gasteiger partial charge in [0.2, 0.25) is 0 Å². The van der Waals surface area contributed by atoms with Crippen molar-refractivity contribution in [2.75, 3.05) is 26.8 Å². The van der Waals surface area contributed by atoms with Crippen molar-refractivity contribution in [2.24, 2.45) is 0 Å². The van der Waals surface area contributed by atoms with E-state index >= 15 is 0 Å². The fourth-order valence-corrected chi connectivity index (χ4v) is 2.21. The van der Waals surface area contributed by atoms with Crippen LogP contribution < -0.4 is 10.6 Å². The van der Waals surface area contributed by atoms with Gasteiger partial charge in [-0.3, -0.25) is 0 Å². The summed E-state index contributed by atoms with van der Waals surface area (Å²) in [5.41, 5.74) is 1.97. The number of H-pyrrole nitrogens is 1. The van der Waals surface area contributed by atoms with Gasteiger partial charge in [-0.05, 0) is 42.4 Å². The molecule has 6 heteroatoms. The first-order chi connectivity index (χ1) is 9.70. The minimum absolute atomic E-state index is 0.229. The Balaban J connectivity index is 1.82. The molecule has 0 bridgehead atoms. The predicted octanol–water partition coefficient (Wildman–Crippen LogP) is 1.96. The molecule has 20 heavy (non-hydrogen) atoms. The van der Waals surface area contributed by atoms with Gasteiger partial charge in [0.15, 0.2) is 5.11 Å². The van der Waals surface area contributed by atoms with Gasteiger partial charge in [-0.15, -0.1) is 0 Å². The maximum Gasteiger partial charge on any atom is 0.166 e. The Kier molecular flexibility index (Phi) is 5.31. The van der Waals surface area contributed by atoms with Gasteiger partial charge in [-0.2, -0.15) is 0 Å². The zero-order chi connectivity index (χ0) is 14.4. The van der Waals surface area contributed by atoms with Gasteiger partial charge in [0.25, 0.3) is 0 Å². The topological polar surface area (TPSA) is 49.1 Å². The lowest BCUT2D eigenvalue weighted by Crippen LogP contribution is -2.37. The lowest BCUT2D eigenvalue weighted by molar-refractivity contribution is 0.204. The summed E-state index contributed by atoms with van der Waals surface area (Å²) in [6.07, 6.45) is 2.73. The third kappa shape index (κ3) is 3.91. The Morgan fingerprint density at radius 2 is 2.15 bits per heavy atom. The van der Waals surface area contributed by atoms with Gasteiger partial charge in [0, 0.05) is 37.3 Å². The van der Waals surface area contributed by atoms with Crippen molar-refractivity contribution in [1.82, 2.24) is 15.6 Å². The highest BCUT2D eigenvalue weighted by atomic mass is 32.1. The number of hydrogen-bond acceptors (Lipinski definition) is 2. The standard InChI is InChI=1S/C14H18FN3OS/c1-19-7-6-17-14(20)16-5-4-10-9-18-13-8-11(15)2-3-12(10)13/h2-3,8-9,18H,4-7H2,1H3,(H2,16,17,20). The van der Waals surface area contributed by atoms with Crippen molar-refractivity contribution < 1.29 is 9.13 Å². The maximum atomic E-state index is 13.1. The van der Waals surface area contributed by atoms with Gasteiger partial charge in [0.1, 0.15) is 5.82 Å². The number of hydrogen-bond donors (Lipinski definition) is 3. The third-order valence-electron chi connectivity index (χ3n) is 3.00. The van der Waals surface area contributed by atoms with Gasteiger partial charge in [0.05, 0.1) is 6.61 Å². The molecule has 108 valence electrons. The average Bonchev–Trinajstić information content (AvgIpc) is 2.81. The number of benzene rings is 1. The molecule has 0 saturated carbocycles. The van der Waals surface area contributed by atoms with Crippen molar-refractivity contribution in [3.63, 3.8) is 0 Å². The summed E-state index contributed by atoms with van der Waals surface area (Å²) in [6, 6.07) is 4.78. The zero-order valence-electron chi connectivity index (χ0n) is 11.3. The summed E-state index contributed by atoms with van der Waals surface area (Å²) in [5, 5.41) is 7.85. The van der Waals surface area contributed by atoms with E-state index in [0.717, 1.165) is 29.4 Å². The van der Waals surface area contributed by atoms with Gasteiger partial charge in [-0.25, -0.2) is 4.39 Å². The molecule has 0 aliphatic rings. The molecule has 0 spiro atoms. The number of halogens is 1. The summed E-state index contributed by atoms with van der Waals surface area (Å²) in [5.74, 6) is -0.229. The van der Waals surface area contributed by atoms with Crippen LogP contribution in [0.5, 0.6) is 0 Å². The summed E-state index contributed by atoms with van der Waals surface area (Å²) < 4.78 is 18.0. The van der Waals surface area contributed by atoms with Crippen LogP contribution >= 0.6 is 12.2 Å². The zero-order valence-corrected chi connectivity index (χ0v) is 12.1. The van der Waals surface area contributed by atoms with E-state index in [-0.39, 0.29) is 5.82 Å². The van der Waals surface area contributed by atoms with Crippen LogP contribution in [-0.2, 0) is 11.2 Å². The molecule has 0 unspecified atom stereocenters. The molecular formula is C14H18FN3OS. The molecule has 0 amide bonds. The molecule has 0 aliphatic heterocycles. The fourth-order valence-electron chi connectivity index (χ4n) is 2.01. The second-order valence-electron chi connectivity index (χ2n) is 4.43. The molecule has 0 aliphatic carbocycles. The van der Waals surface area contributed by atoms with E-state index in [2.05, 4.69) is 15.6 Å². The van der Waals surface area contributed by atoms with Crippen LogP contribution in [-0.4, -0.2) is 36.9 Å². The number of thiocarbonyl (C=S) groups is 1. The minimum atomic E-state index is -0.229. The highest BCUT2D eigenvalue weighted by Crippen LogP contribution is 2.19. The lowest BCUT2D eigenvalue weighted by atomic mass is 10.1. The lowest BCUT2D eigenvalue weighted by Gasteiger charge is -2.09. The van der Waals surface area contributed by atoms with Crippen LogP contribution in [0.3, 0.4) is 0 Å². The molecule has 0 fully saturated rings. The van der Waals surface area contributed by atoms with E-state index in [1.807, 2.05) is 6.20 Å². The van der Waals surface area contributed by atoms with E-state index in [4.69, 9.17) is 17.0 Å². The molecule has 0 radical (unpaired) electrons. The van der Waals surface area contributed by atoms with Gasteiger partial charge >= 0.3 is 0 Å². The second kappa shape index (κ2) is 7.21. The third-order valence-corrected chi connectivity index (χ3v) is 3.29. The fraction of sp³-hybridized carbons (Fsp3) is 0.357. The van der Waals surface area contributed by atoms with E-state index in [1.54, 1.807) is 13.2 Å². The van der Waals surface area contributed by atoms with Crippen LogP contribution in [0.2, 0.25) is 0 Å². The van der Waals surface area contributed by atoms with Crippen LogP contribution in [0.1, 0.15) is 5.56 Å². The Bertz CT molecular complexity index is 585. The van der Waals surface area contributed by atoms with E-state index in [9.17, 15) is 4.39 Å². The number of aromatic amines is 1. The number of rotatable bonds is 6. The van der Waals surface area contributed by atoms with Gasteiger partial charge < -0.3 is 20.4 Å². The van der Waals surface area contributed by atoms with Crippen LogP contribution in [0.4, 0.5) is 4.39 Å². The van der Waals surface area contributed by atoms with E-state index in [0.29, 0.717) is 18.3 Å². The van der Waals surface area contributed by atoms with Crippen molar-refractivity contribution in [2.45, 2.75) is 6.42 Å². The molecular weight excluding hydrogens is 277 g/mol. The molecule has 1 aromatic heterocycles. The summed E-state index contributed by atoms with van der Waals surface area (Å²) >= 11 is 5.14. The quantitative estimate of drug-likeness (QED) is 0.563. The Labute approximate surface area is 122 Å². The Morgan fingerprint density at radius 3 is 2.95 bits per heavy atom. The molecule has 4 nitrogen and oxygen atoms in total. The Morgan fingerprint density at radius 1 is 1.35 bits per heavy atom. The SMILES string of the molecule is COCCNC(=S)NCCc1c[nH]c2cc(F)ccc12. The van der Waals surface area contributed by atoms with Crippen molar-refractivity contribution in [3.05, 3.63) is 35.8 Å². The number of ether oxygens (including phenoxy) is 1. The molecule has 1 heterocycles. The Hall–Kier alpha value is -1.66. The number of nitrogens with one attached hydrogen (secondary N) is 3. The highest BCUT2D eigenvalue weighted by Gasteiger charge is 2.04. The minimum Gasteiger partial charge on any atom is -0.383 e. The molecule has 1 aromatic carbocycles. The smallest absolute Gasteiger partial charge is 0.166 e. The monoisotopic (exact) mass is 295 g/mol. The first kappa shape index (κ1) is 14.7. The van der Waals surface area contributed by atoms with Crippen molar-refractivity contribution in [3.8, 4) is 0 Å². The summed E-state index contributed by atoms with van der Waals surface area (Å²) in [7, 11) is 1.65. The normalized spacial score (nSPS) is 10.7. The predicted molar refractivity (Wildman–Crippen MR) is 82.4 cm³/mol. The van der Waals surface area contributed by atoms with Crippen molar-refractivity contribution in [1.29, 1.82) is 0 Å².